The second-order valence-corrected chi connectivity index (χ2v) is 5.08. The van der Waals surface area contributed by atoms with Crippen LogP contribution >= 0.6 is 0 Å². The van der Waals surface area contributed by atoms with Crippen molar-refractivity contribution in [2.24, 2.45) is 0 Å². The van der Waals surface area contributed by atoms with Crippen molar-refractivity contribution in [1.29, 1.82) is 0 Å². The van der Waals surface area contributed by atoms with E-state index in [2.05, 4.69) is 29.0 Å². The number of nitrogens with zero attached hydrogens (tertiary/aromatic N) is 2. The maximum atomic E-state index is 5.75. The molecule has 0 radical (unpaired) electrons. The van der Waals surface area contributed by atoms with Crippen LogP contribution in [0.1, 0.15) is 25.5 Å². The number of rotatable bonds is 5. The second kappa shape index (κ2) is 6.31. The molecule has 1 aliphatic rings. The highest BCUT2D eigenvalue weighted by Gasteiger charge is 2.21. The maximum Gasteiger partial charge on any atom is 0.208 e. The van der Waals surface area contributed by atoms with Crippen molar-refractivity contribution < 1.29 is 9.15 Å². The largest absolute Gasteiger partial charge is 0.445 e. The Kier molecular flexibility index (Phi) is 4.74. The highest BCUT2D eigenvalue weighted by atomic mass is 16.5. The molecule has 0 saturated carbocycles. The summed E-state index contributed by atoms with van der Waals surface area (Å²) in [6, 6.07) is 0.589. The fourth-order valence-corrected chi connectivity index (χ4v) is 2.16. The number of hydrogen-bond acceptors (Lipinski definition) is 5. The highest BCUT2D eigenvalue weighted by Crippen LogP contribution is 2.08. The van der Waals surface area contributed by atoms with Crippen LogP contribution in [0, 0.1) is 6.92 Å². The van der Waals surface area contributed by atoms with Gasteiger partial charge < -0.3 is 14.5 Å². The van der Waals surface area contributed by atoms with Gasteiger partial charge >= 0.3 is 0 Å². The quantitative estimate of drug-likeness (QED) is 0.854. The Morgan fingerprint density at radius 3 is 3.06 bits per heavy atom. The fraction of sp³-hybridized carbons (Fsp3) is 0.769. The summed E-state index contributed by atoms with van der Waals surface area (Å²) in [5.41, 5.74) is 0. The monoisotopic (exact) mass is 253 g/mol. The first-order valence-electron chi connectivity index (χ1n) is 6.63. The third kappa shape index (κ3) is 3.80. The van der Waals surface area contributed by atoms with E-state index in [9.17, 15) is 0 Å². The zero-order chi connectivity index (χ0) is 13.0. The second-order valence-electron chi connectivity index (χ2n) is 5.08. The first kappa shape index (κ1) is 13.5. The average Bonchev–Trinajstić information content (AvgIpc) is 2.75. The summed E-state index contributed by atoms with van der Waals surface area (Å²) in [4.78, 5) is 6.61. The third-order valence-corrected chi connectivity index (χ3v) is 3.22. The van der Waals surface area contributed by atoms with Gasteiger partial charge in [-0.15, -0.1) is 0 Å². The third-order valence-electron chi connectivity index (χ3n) is 3.22. The molecular formula is C13H23N3O2. The number of aromatic nitrogens is 1. The van der Waals surface area contributed by atoms with Crippen LogP contribution in [0.15, 0.2) is 10.6 Å². The van der Waals surface area contributed by atoms with Gasteiger partial charge in [0.15, 0.2) is 0 Å². The SMILES string of the molecule is Cc1cnc(CNCC2CN(C(C)C)CCO2)o1. The lowest BCUT2D eigenvalue weighted by atomic mass is 10.2. The van der Waals surface area contributed by atoms with Crippen molar-refractivity contribution >= 4 is 0 Å². The van der Waals surface area contributed by atoms with E-state index in [4.69, 9.17) is 9.15 Å². The minimum Gasteiger partial charge on any atom is -0.445 e. The summed E-state index contributed by atoms with van der Waals surface area (Å²) in [5.74, 6) is 1.59. The van der Waals surface area contributed by atoms with E-state index in [-0.39, 0.29) is 6.10 Å². The van der Waals surface area contributed by atoms with Crippen molar-refractivity contribution in [3.63, 3.8) is 0 Å². The van der Waals surface area contributed by atoms with E-state index in [1.807, 2.05) is 6.92 Å². The normalized spacial score (nSPS) is 21.7. The molecule has 102 valence electrons. The molecule has 0 aliphatic carbocycles. The molecule has 1 N–H and O–H groups in total. The molecule has 0 spiro atoms. The molecule has 2 rings (SSSR count). The molecule has 5 nitrogen and oxygen atoms in total. The zero-order valence-electron chi connectivity index (χ0n) is 11.5. The van der Waals surface area contributed by atoms with Crippen molar-refractivity contribution in [3.8, 4) is 0 Å². The summed E-state index contributed by atoms with van der Waals surface area (Å²) >= 11 is 0. The summed E-state index contributed by atoms with van der Waals surface area (Å²) < 4.78 is 11.2. The molecule has 2 heterocycles. The Morgan fingerprint density at radius 1 is 1.56 bits per heavy atom. The van der Waals surface area contributed by atoms with Crippen molar-refractivity contribution in [2.45, 2.75) is 39.5 Å². The molecule has 1 atom stereocenters. The molecule has 1 fully saturated rings. The number of morpholine rings is 1. The molecule has 0 aromatic carbocycles. The van der Waals surface area contributed by atoms with Crippen LogP contribution in [0.4, 0.5) is 0 Å². The van der Waals surface area contributed by atoms with Crippen molar-refractivity contribution in [3.05, 3.63) is 17.8 Å². The average molecular weight is 253 g/mol. The van der Waals surface area contributed by atoms with E-state index in [1.165, 1.54) is 0 Å². The summed E-state index contributed by atoms with van der Waals surface area (Å²) in [6.45, 7) is 10.7. The lowest BCUT2D eigenvalue weighted by Gasteiger charge is -2.35. The molecule has 1 aromatic heterocycles. The molecule has 1 aliphatic heterocycles. The standard InChI is InChI=1S/C13H23N3O2/c1-10(2)16-4-5-17-12(9-16)7-14-8-13-15-6-11(3)18-13/h6,10,12,14H,4-5,7-9H2,1-3H3. The fourth-order valence-electron chi connectivity index (χ4n) is 2.16. The number of oxazole rings is 1. The Hall–Kier alpha value is -0.910. The lowest BCUT2D eigenvalue weighted by molar-refractivity contribution is -0.0374. The Bertz CT molecular complexity index is 365. The summed E-state index contributed by atoms with van der Waals surface area (Å²) in [6.07, 6.45) is 2.01. The minimum absolute atomic E-state index is 0.261. The zero-order valence-corrected chi connectivity index (χ0v) is 11.5. The predicted molar refractivity (Wildman–Crippen MR) is 69.4 cm³/mol. The first-order chi connectivity index (χ1) is 8.65. The van der Waals surface area contributed by atoms with Gasteiger partial charge in [-0.05, 0) is 20.8 Å². The minimum atomic E-state index is 0.261. The summed E-state index contributed by atoms with van der Waals surface area (Å²) in [7, 11) is 0. The van der Waals surface area contributed by atoms with E-state index in [0.29, 0.717) is 12.6 Å². The van der Waals surface area contributed by atoms with Gasteiger partial charge in [-0.25, -0.2) is 4.98 Å². The van der Waals surface area contributed by atoms with Crippen molar-refractivity contribution in [1.82, 2.24) is 15.2 Å². The van der Waals surface area contributed by atoms with Gasteiger partial charge in [0.05, 0.1) is 25.5 Å². The Labute approximate surface area is 109 Å². The topological polar surface area (TPSA) is 50.5 Å². The molecule has 5 heteroatoms. The lowest BCUT2D eigenvalue weighted by Crippen LogP contribution is -2.48. The van der Waals surface area contributed by atoms with Crippen LogP contribution in [0.3, 0.4) is 0 Å². The van der Waals surface area contributed by atoms with Crippen LogP contribution in [0.2, 0.25) is 0 Å². The van der Waals surface area contributed by atoms with Gasteiger partial charge in [0.2, 0.25) is 5.89 Å². The highest BCUT2D eigenvalue weighted by molar-refractivity contribution is 4.90. The van der Waals surface area contributed by atoms with Crippen LogP contribution < -0.4 is 5.32 Å². The molecular weight excluding hydrogens is 230 g/mol. The van der Waals surface area contributed by atoms with Crippen LogP contribution in [0.25, 0.3) is 0 Å². The van der Waals surface area contributed by atoms with Gasteiger partial charge in [0, 0.05) is 25.7 Å². The first-order valence-corrected chi connectivity index (χ1v) is 6.63. The number of ether oxygens (including phenoxy) is 1. The van der Waals surface area contributed by atoms with Crippen molar-refractivity contribution in [2.75, 3.05) is 26.2 Å². The van der Waals surface area contributed by atoms with Gasteiger partial charge in [0.25, 0.3) is 0 Å². The van der Waals surface area contributed by atoms with Crippen LogP contribution in [-0.2, 0) is 11.3 Å². The molecule has 0 amide bonds. The molecule has 1 unspecified atom stereocenters. The maximum absolute atomic E-state index is 5.75. The van der Waals surface area contributed by atoms with E-state index in [1.54, 1.807) is 6.20 Å². The summed E-state index contributed by atoms with van der Waals surface area (Å²) in [5, 5.41) is 3.34. The molecule has 1 aromatic rings. The number of aryl methyl sites for hydroxylation is 1. The smallest absolute Gasteiger partial charge is 0.208 e. The van der Waals surface area contributed by atoms with Gasteiger partial charge in [-0.2, -0.15) is 0 Å². The van der Waals surface area contributed by atoms with Gasteiger partial charge in [-0.1, -0.05) is 0 Å². The molecule has 1 saturated heterocycles. The number of hydrogen-bond donors (Lipinski definition) is 1. The van der Waals surface area contributed by atoms with E-state index in [0.717, 1.165) is 37.9 Å². The Morgan fingerprint density at radius 2 is 2.39 bits per heavy atom. The van der Waals surface area contributed by atoms with E-state index >= 15 is 0 Å². The van der Waals surface area contributed by atoms with Gasteiger partial charge in [0.1, 0.15) is 5.76 Å². The molecule has 0 bridgehead atoms. The number of nitrogens with one attached hydrogen (secondary N) is 1. The van der Waals surface area contributed by atoms with Crippen LogP contribution in [-0.4, -0.2) is 48.3 Å². The predicted octanol–water partition coefficient (Wildman–Crippen LogP) is 1.18. The van der Waals surface area contributed by atoms with Gasteiger partial charge in [-0.3, -0.25) is 4.90 Å². The molecule has 18 heavy (non-hydrogen) atoms. The Balaban J connectivity index is 1.70. The van der Waals surface area contributed by atoms with Crippen LogP contribution in [0.5, 0.6) is 0 Å². The van der Waals surface area contributed by atoms with E-state index < -0.39 is 0 Å².